The molecule has 1 rings (SSSR count). The Morgan fingerprint density at radius 2 is 2.08 bits per heavy atom. The molecular formula is C9H19FN2. The van der Waals surface area contributed by atoms with E-state index in [0.717, 1.165) is 13.0 Å². The van der Waals surface area contributed by atoms with Crippen LogP contribution in [0, 0.1) is 0 Å². The van der Waals surface area contributed by atoms with Crippen LogP contribution in [0.4, 0.5) is 4.39 Å². The quantitative estimate of drug-likeness (QED) is 0.621. The van der Waals surface area contributed by atoms with Gasteiger partial charge in [0.05, 0.1) is 0 Å². The first-order valence-electron chi connectivity index (χ1n) is 4.61. The van der Waals surface area contributed by atoms with Gasteiger partial charge in [0, 0.05) is 18.1 Å². The maximum Gasteiger partial charge on any atom is 0.128 e. The zero-order chi connectivity index (χ0) is 9.19. The number of halogens is 1. The van der Waals surface area contributed by atoms with Gasteiger partial charge in [-0.1, -0.05) is 0 Å². The fraction of sp³-hybridized carbons (Fsp3) is 1.00. The highest BCUT2D eigenvalue weighted by Crippen LogP contribution is 2.11. The topological polar surface area (TPSA) is 24.1 Å². The third-order valence-electron chi connectivity index (χ3n) is 2.03. The van der Waals surface area contributed by atoms with Crippen LogP contribution in [-0.2, 0) is 0 Å². The molecule has 0 spiro atoms. The molecule has 1 fully saturated rings. The summed E-state index contributed by atoms with van der Waals surface area (Å²) in [5.41, 5.74) is 0.0202. The van der Waals surface area contributed by atoms with Crippen molar-refractivity contribution in [3.8, 4) is 0 Å². The Morgan fingerprint density at radius 3 is 2.58 bits per heavy atom. The molecule has 0 saturated carbocycles. The van der Waals surface area contributed by atoms with Gasteiger partial charge in [0.1, 0.15) is 6.17 Å². The van der Waals surface area contributed by atoms with Gasteiger partial charge in [0.2, 0.25) is 0 Å². The largest absolute Gasteiger partial charge is 0.314 e. The highest BCUT2D eigenvalue weighted by Gasteiger charge is 2.27. The maximum absolute atomic E-state index is 13.3. The van der Waals surface area contributed by atoms with Crippen molar-refractivity contribution in [2.45, 2.75) is 44.9 Å². The second-order valence-corrected chi connectivity index (χ2v) is 4.51. The first-order valence-corrected chi connectivity index (χ1v) is 4.61. The minimum Gasteiger partial charge on any atom is -0.314 e. The molecule has 2 N–H and O–H groups in total. The Balaban J connectivity index is 2.39. The second kappa shape index (κ2) is 3.71. The average molecular weight is 174 g/mol. The van der Waals surface area contributed by atoms with E-state index in [1.165, 1.54) is 0 Å². The predicted octanol–water partition coefficient (Wildman–Crippen LogP) is 1.07. The number of piperidine rings is 1. The molecule has 2 nitrogen and oxygen atoms in total. The molecular weight excluding hydrogens is 155 g/mol. The van der Waals surface area contributed by atoms with Gasteiger partial charge < -0.3 is 10.6 Å². The van der Waals surface area contributed by atoms with Gasteiger partial charge in [-0.2, -0.15) is 0 Å². The SMILES string of the molecule is CC(C)(C)N[C@@H]1CCNC[C@@H]1F. The molecule has 0 unspecified atom stereocenters. The first kappa shape index (κ1) is 9.93. The summed E-state index contributed by atoms with van der Waals surface area (Å²) in [6.07, 6.45) is 0.149. The van der Waals surface area contributed by atoms with Crippen molar-refractivity contribution in [2.75, 3.05) is 13.1 Å². The van der Waals surface area contributed by atoms with Gasteiger partial charge in [-0.15, -0.1) is 0 Å². The normalized spacial score (nSPS) is 32.0. The van der Waals surface area contributed by atoms with E-state index in [1.54, 1.807) is 0 Å². The number of hydrogen-bond donors (Lipinski definition) is 2. The molecule has 0 aromatic heterocycles. The van der Waals surface area contributed by atoms with Crippen LogP contribution < -0.4 is 10.6 Å². The van der Waals surface area contributed by atoms with Crippen molar-refractivity contribution in [1.29, 1.82) is 0 Å². The van der Waals surface area contributed by atoms with Gasteiger partial charge in [-0.25, -0.2) is 4.39 Å². The summed E-state index contributed by atoms with van der Waals surface area (Å²) in [5.74, 6) is 0. The summed E-state index contributed by atoms with van der Waals surface area (Å²) < 4.78 is 13.3. The van der Waals surface area contributed by atoms with Gasteiger partial charge in [-0.05, 0) is 33.7 Å². The number of rotatable bonds is 1. The summed E-state index contributed by atoms with van der Waals surface area (Å²) in [6, 6.07) is 0.0336. The number of nitrogens with one attached hydrogen (secondary N) is 2. The van der Waals surface area contributed by atoms with Gasteiger partial charge >= 0.3 is 0 Å². The number of hydrogen-bond acceptors (Lipinski definition) is 2. The highest BCUT2D eigenvalue weighted by molar-refractivity contribution is 4.87. The van der Waals surface area contributed by atoms with E-state index in [9.17, 15) is 4.39 Å². The molecule has 72 valence electrons. The van der Waals surface area contributed by atoms with E-state index in [4.69, 9.17) is 0 Å². The van der Waals surface area contributed by atoms with Crippen LogP contribution in [0.15, 0.2) is 0 Å². The Bertz CT molecular complexity index is 142. The molecule has 0 aromatic rings. The third kappa shape index (κ3) is 3.07. The molecule has 0 aromatic carbocycles. The maximum atomic E-state index is 13.3. The zero-order valence-electron chi connectivity index (χ0n) is 8.15. The van der Waals surface area contributed by atoms with E-state index in [0.29, 0.717) is 6.54 Å². The Labute approximate surface area is 73.9 Å². The van der Waals surface area contributed by atoms with E-state index >= 15 is 0 Å². The molecule has 0 aliphatic carbocycles. The second-order valence-electron chi connectivity index (χ2n) is 4.51. The molecule has 3 heteroatoms. The lowest BCUT2D eigenvalue weighted by atomic mass is 10.00. The van der Waals surface area contributed by atoms with E-state index in [-0.39, 0.29) is 11.6 Å². The van der Waals surface area contributed by atoms with Crippen LogP contribution >= 0.6 is 0 Å². The van der Waals surface area contributed by atoms with Gasteiger partial charge in [0.25, 0.3) is 0 Å². The predicted molar refractivity (Wildman–Crippen MR) is 49.1 cm³/mol. The van der Waals surface area contributed by atoms with Gasteiger partial charge in [-0.3, -0.25) is 0 Å². The van der Waals surface area contributed by atoms with Crippen LogP contribution in [0.1, 0.15) is 27.2 Å². The molecule has 0 radical (unpaired) electrons. The number of alkyl halides is 1. The van der Waals surface area contributed by atoms with Gasteiger partial charge in [0.15, 0.2) is 0 Å². The fourth-order valence-corrected chi connectivity index (χ4v) is 1.54. The lowest BCUT2D eigenvalue weighted by molar-refractivity contribution is 0.176. The van der Waals surface area contributed by atoms with Crippen LogP contribution in [0.2, 0.25) is 0 Å². The molecule has 0 bridgehead atoms. The standard InChI is InChI=1S/C9H19FN2/c1-9(2,3)12-8-4-5-11-6-7(8)10/h7-8,11-12H,4-6H2,1-3H3/t7-,8+/m0/s1. The fourth-order valence-electron chi connectivity index (χ4n) is 1.54. The molecule has 1 aliphatic heterocycles. The Morgan fingerprint density at radius 1 is 1.42 bits per heavy atom. The van der Waals surface area contributed by atoms with Crippen molar-refractivity contribution in [2.24, 2.45) is 0 Å². The highest BCUT2D eigenvalue weighted by atomic mass is 19.1. The molecule has 12 heavy (non-hydrogen) atoms. The first-order chi connectivity index (χ1) is 5.49. The van der Waals surface area contributed by atoms with Crippen molar-refractivity contribution in [1.82, 2.24) is 10.6 Å². The average Bonchev–Trinajstić information content (AvgIpc) is 1.91. The summed E-state index contributed by atoms with van der Waals surface area (Å²) >= 11 is 0. The van der Waals surface area contributed by atoms with Crippen LogP contribution in [0.5, 0.6) is 0 Å². The van der Waals surface area contributed by atoms with Crippen molar-refractivity contribution in [3.63, 3.8) is 0 Å². The summed E-state index contributed by atoms with van der Waals surface area (Å²) in [5, 5.41) is 6.33. The summed E-state index contributed by atoms with van der Waals surface area (Å²) in [6.45, 7) is 7.63. The Hall–Kier alpha value is -0.150. The van der Waals surface area contributed by atoms with Crippen molar-refractivity contribution < 1.29 is 4.39 Å². The third-order valence-corrected chi connectivity index (χ3v) is 2.03. The van der Waals surface area contributed by atoms with E-state index in [2.05, 4.69) is 31.4 Å². The lowest BCUT2D eigenvalue weighted by Gasteiger charge is -2.33. The van der Waals surface area contributed by atoms with Crippen LogP contribution in [0.25, 0.3) is 0 Å². The molecule has 2 atom stereocenters. The smallest absolute Gasteiger partial charge is 0.128 e. The minimum absolute atomic E-state index is 0.0202. The summed E-state index contributed by atoms with van der Waals surface area (Å²) in [4.78, 5) is 0. The van der Waals surface area contributed by atoms with Crippen molar-refractivity contribution >= 4 is 0 Å². The van der Waals surface area contributed by atoms with Crippen LogP contribution in [0.3, 0.4) is 0 Å². The molecule has 1 aliphatic rings. The molecule has 1 heterocycles. The Kier molecular flexibility index (Phi) is 3.07. The monoisotopic (exact) mass is 174 g/mol. The lowest BCUT2D eigenvalue weighted by Crippen LogP contribution is -2.54. The minimum atomic E-state index is -0.738. The summed E-state index contributed by atoms with van der Waals surface area (Å²) in [7, 11) is 0. The van der Waals surface area contributed by atoms with E-state index < -0.39 is 6.17 Å². The van der Waals surface area contributed by atoms with Crippen LogP contribution in [-0.4, -0.2) is 30.8 Å². The zero-order valence-corrected chi connectivity index (χ0v) is 8.15. The van der Waals surface area contributed by atoms with Crippen molar-refractivity contribution in [3.05, 3.63) is 0 Å². The van der Waals surface area contributed by atoms with E-state index in [1.807, 2.05) is 0 Å². The molecule has 1 saturated heterocycles. The molecule has 0 amide bonds.